The van der Waals surface area contributed by atoms with Crippen molar-refractivity contribution in [2.45, 2.75) is 58.3 Å². The van der Waals surface area contributed by atoms with Crippen molar-refractivity contribution in [3.8, 4) is 0 Å². The quantitative estimate of drug-likeness (QED) is 0.693. The van der Waals surface area contributed by atoms with E-state index >= 15 is 0 Å². The smallest absolute Gasteiger partial charge is 0.261 e. The molecule has 4 rings (SSSR count). The van der Waals surface area contributed by atoms with Crippen LogP contribution in [0, 0.1) is 0 Å². The van der Waals surface area contributed by atoms with Crippen LogP contribution in [0.2, 0.25) is 0 Å². The van der Waals surface area contributed by atoms with Gasteiger partial charge < -0.3 is 9.73 Å². The van der Waals surface area contributed by atoms with E-state index < -0.39 is 0 Å². The zero-order chi connectivity index (χ0) is 20.4. The fourth-order valence-electron chi connectivity index (χ4n) is 4.52. The molecule has 1 saturated heterocycles. The minimum atomic E-state index is -0.000616. The molecule has 3 heterocycles. The Labute approximate surface area is 171 Å². The lowest BCUT2D eigenvalue weighted by Gasteiger charge is -2.41. The van der Waals surface area contributed by atoms with Gasteiger partial charge in [-0.25, -0.2) is 4.98 Å². The molecule has 0 amide bonds. The van der Waals surface area contributed by atoms with Gasteiger partial charge in [-0.3, -0.25) is 14.3 Å². The Kier molecular flexibility index (Phi) is 5.83. The van der Waals surface area contributed by atoms with Crippen molar-refractivity contribution in [1.29, 1.82) is 0 Å². The number of nitrogens with one attached hydrogen (secondary N) is 1. The monoisotopic (exact) mass is 394 g/mol. The van der Waals surface area contributed by atoms with Gasteiger partial charge >= 0.3 is 0 Å². The fraction of sp³-hybridized carbons (Fsp3) is 0.478. The average molecular weight is 395 g/mol. The predicted molar refractivity (Wildman–Crippen MR) is 115 cm³/mol. The lowest BCUT2D eigenvalue weighted by Crippen LogP contribution is -2.55. The molecule has 0 spiro atoms. The van der Waals surface area contributed by atoms with Crippen LogP contribution < -0.4 is 10.9 Å². The van der Waals surface area contributed by atoms with E-state index in [1.54, 1.807) is 6.26 Å². The normalized spacial score (nSPS) is 21.5. The molecule has 0 aliphatic carbocycles. The van der Waals surface area contributed by atoms with Crippen molar-refractivity contribution in [2.24, 2.45) is 0 Å². The van der Waals surface area contributed by atoms with Gasteiger partial charge in [-0.2, -0.15) is 0 Å². The van der Waals surface area contributed by atoms with Gasteiger partial charge in [0, 0.05) is 25.2 Å². The van der Waals surface area contributed by atoms with Crippen LogP contribution in [0.4, 0.5) is 0 Å². The summed E-state index contributed by atoms with van der Waals surface area (Å²) in [7, 11) is 0. The second-order valence-corrected chi connectivity index (χ2v) is 8.18. The molecule has 2 aromatic heterocycles. The van der Waals surface area contributed by atoms with Gasteiger partial charge in [0.05, 0.1) is 29.8 Å². The predicted octanol–water partition coefficient (Wildman–Crippen LogP) is 3.56. The molecule has 154 valence electrons. The van der Waals surface area contributed by atoms with Crippen molar-refractivity contribution in [3.63, 3.8) is 0 Å². The van der Waals surface area contributed by atoms with Crippen molar-refractivity contribution < 1.29 is 4.42 Å². The van der Waals surface area contributed by atoms with E-state index in [0.717, 1.165) is 43.0 Å². The number of nitrogens with zero attached hydrogens (tertiary/aromatic N) is 3. The van der Waals surface area contributed by atoms with E-state index in [4.69, 9.17) is 9.40 Å². The van der Waals surface area contributed by atoms with Gasteiger partial charge in [-0.05, 0) is 44.5 Å². The Morgan fingerprint density at radius 3 is 2.62 bits per heavy atom. The van der Waals surface area contributed by atoms with Crippen LogP contribution in [0.15, 0.2) is 51.9 Å². The van der Waals surface area contributed by atoms with Gasteiger partial charge in [0.25, 0.3) is 5.56 Å². The van der Waals surface area contributed by atoms with E-state index in [9.17, 15) is 4.79 Å². The first kappa shape index (κ1) is 19.9. The molecule has 1 aromatic carbocycles. The first-order valence-corrected chi connectivity index (χ1v) is 10.6. The summed E-state index contributed by atoms with van der Waals surface area (Å²) in [6, 6.07) is 12.3. The van der Waals surface area contributed by atoms with Crippen LogP contribution in [0.5, 0.6) is 0 Å². The van der Waals surface area contributed by atoms with E-state index in [1.165, 1.54) is 0 Å². The fourth-order valence-corrected chi connectivity index (χ4v) is 4.52. The van der Waals surface area contributed by atoms with Crippen LogP contribution in [0.1, 0.15) is 51.2 Å². The number of para-hydroxylation sites is 1. The minimum Gasteiger partial charge on any atom is -0.467 e. The van der Waals surface area contributed by atoms with Gasteiger partial charge in [-0.15, -0.1) is 0 Å². The molecule has 1 unspecified atom stereocenters. The van der Waals surface area contributed by atoms with Crippen LogP contribution in [0.25, 0.3) is 10.9 Å². The largest absolute Gasteiger partial charge is 0.467 e. The van der Waals surface area contributed by atoms with Gasteiger partial charge in [0.1, 0.15) is 11.6 Å². The Balaban J connectivity index is 1.85. The summed E-state index contributed by atoms with van der Waals surface area (Å²) in [6.07, 6.45) is 3.64. The summed E-state index contributed by atoms with van der Waals surface area (Å²) < 4.78 is 7.39. The highest BCUT2D eigenvalue weighted by atomic mass is 16.3. The maximum Gasteiger partial charge on any atom is 0.261 e. The average Bonchev–Trinajstić information content (AvgIpc) is 3.21. The number of hydrogen-bond donors (Lipinski definition) is 1. The minimum absolute atomic E-state index is 0.000616. The lowest BCUT2D eigenvalue weighted by molar-refractivity contribution is 0.109. The number of aromatic nitrogens is 2. The molecule has 1 aliphatic heterocycles. The molecule has 1 aliphatic rings. The second kappa shape index (κ2) is 8.51. The number of hydrogen-bond acceptors (Lipinski definition) is 5. The standard InChI is InChI=1S/C23H30N4O2/c1-4-8-21(26-13-16(2)24-17(3)14-26)22-25-20-11-6-5-10-19(20)23(28)27(22)15-18-9-7-12-29-18/h5-7,9-12,16-17,21,24H,4,8,13-15H2,1-3H3/t16-,17+,21?. The molecule has 0 saturated carbocycles. The summed E-state index contributed by atoms with van der Waals surface area (Å²) in [5, 5.41) is 4.26. The summed E-state index contributed by atoms with van der Waals surface area (Å²) in [4.78, 5) is 21.0. The molecule has 3 atom stereocenters. The highest BCUT2D eigenvalue weighted by Crippen LogP contribution is 2.27. The summed E-state index contributed by atoms with van der Waals surface area (Å²) in [5.41, 5.74) is 0.764. The van der Waals surface area contributed by atoms with Crippen LogP contribution >= 0.6 is 0 Å². The third-order valence-electron chi connectivity index (χ3n) is 5.67. The zero-order valence-electron chi connectivity index (χ0n) is 17.5. The van der Waals surface area contributed by atoms with E-state index in [-0.39, 0.29) is 11.6 Å². The molecule has 6 heteroatoms. The molecule has 29 heavy (non-hydrogen) atoms. The van der Waals surface area contributed by atoms with Gasteiger partial charge in [0.2, 0.25) is 0 Å². The number of furan rings is 1. The van der Waals surface area contributed by atoms with E-state index in [1.807, 2.05) is 41.0 Å². The van der Waals surface area contributed by atoms with Crippen LogP contribution in [-0.4, -0.2) is 39.6 Å². The SMILES string of the molecule is CCCC(c1nc2ccccc2c(=O)n1Cc1ccco1)N1C[C@@H](C)N[C@@H](C)C1. The van der Waals surface area contributed by atoms with Crippen LogP contribution in [-0.2, 0) is 6.54 Å². The van der Waals surface area contributed by atoms with Crippen molar-refractivity contribution in [2.75, 3.05) is 13.1 Å². The Morgan fingerprint density at radius 1 is 1.17 bits per heavy atom. The summed E-state index contributed by atoms with van der Waals surface area (Å²) in [6.45, 7) is 8.91. The highest BCUT2D eigenvalue weighted by molar-refractivity contribution is 5.77. The van der Waals surface area contributed by atoms with Gasteiger partial charge in [0.15, 0.2) is 0 Å². The molecule has 6 nitrogen and oxygen atoms in total. The van der Waals surface area contributed by atoms with Crippen LogP contribution in [0.3, 0.4) is 0 Å². The Bertz CT molecular complexity index is 1000. The number of piperazine rings is 1. The number of benzene rings is 1. The number of fused-ring (bicyclic) bond motifs is 1. The molecule has 0 bridgehead atoms. The van der Waals surface area contributed by atoms with Gasteiger partial charge in [-0.1, -0.05) is 25.5 Å². The first-order chi connectivity index (χ1) is 14.1. The summed E-state index contributed by atoms with van der Waals surface area (Å²) in [5.74, 6) is 1.61. The third-order valence-corrected chi connectivity index (χ3v) is 5.67. The lowest BCUT2D eigenvalue weighted by atomic mass is 10.0. The molecule has 0 radical (unpaired) electrons. The highest BCUT2D eigenvalue weighted by Gasteiger charge is 2.31. The first-order valence-electron chi connectivity index (χ1n) is 10.6. The third kappa shape index (κ3) is 4.14. The maximum absolute atomic E-state index is 13.4. The van der Waals surface area contributed by atoms with Crippen molar-refractivity contribution >= 4 is 10.9 Å². The van der Waals surface area contributed by atoms with Crippen molar-refractivity contribution in [1.82, 2.24) is 19.8 Å². The van der Waals surface area contributed by atoms with Crippen molar-refractivity contribution in [3.05, 3.63) is 64.6 Å². The summed E-state index contributed by atoms with van der Waals surface area (Å²) >= 11 is 0. The Hall–Kier alpha value is -2.44. The number of rotatable bonds is 6. The molecular weight excluding hydrogens is 364 g/mol. The van der Waals surface area contributed by atoms with E-state index in [0.29, 0.717) is 24.0 Å². The molecule has 1 N–H and O–H groups in total. The maximum atomic E-state index is 13.4. The van der Waals surface area contributed by atoms with E-state index in [2.05, 4.69) is 31.0 Å². The molecular formula is C23H30N4O2. The Morgan fingerprint density at radius 2 is 1.93 bits per heavy atom. The topological polar surface area (TPSA) is 63.3 Å². The molecule has 1 fully saturated rings. The second-order valence-electron chi connectivity index (χ2n) is 8.18. The zero-order valence-corrected chi connectivity index (χ0v) is 17.5. The molecule has 3 aromatic rings.